The molecule has 0 aromatic heterocycles. The third kappa shape index (κ3) is 1.74. The summed E-state index contributed by atoms with van der Waals surface area (Å²) in [7, 11) is 1.25. The maximum atomic E-state index is 12.2. The highest BCUT2D eigenvalue weighted by molar-refractivity contribution is 6.10. The minimum atomic E-state index is -0.912. The van der Waals surface area contributed by atoms with Gasteiger partial charge in [-0.1, -0.05) is 31.2 Å². The number of rotatable bonds is 1. The van der Waals surface area contributed by atoms with Crippen LogP contribution in [0.15, 0.2) is 24.3 Å². The van der Waals surface area contributed by atoms with Gasteiger partial charge in [0.05, 0.1) is 13.2 Å². The summed E-state index contributed by atoms with van der Waals surface area (Å²) in [5.74, 6) is -2.24. The standard InChI is InChI=1S/C13H14O4/c1-7-10(13(16)17-2)12(15)9-6-4-3-5-8(9)11(7)14/h3-7,10-11,14H,1-2H3. The second-order valence-corrected chi connectivity index (χ2v) is 4.26. The van der Waals surface area contributed by atoms with Gasteiger partial charge < -0.3 is 9.84 Å². The summed E-state index contributed by atoms with van der Waals surface area (Å²) < 4.78 is 4.62. The quantitative estimate of drug-likeness (QED) is 0.588. The van der Waals surface area contributed by atoms with Gasteiger partial charge in [0.15, 0.2) is 5.78 Å². The molecule has 1 aliphatic rings. The lowest BCUT2D eigenvalue weighted by molar-refractivity contribution is -0.146. The van der Waals surface area contributed by atoms with E-state index in [0.717, 1.165) is 0 Å². The van der Waals surface area contributed by atoms with Gasteiger partial charge in [-0.3, -0.25) is 9.59 Å². The molecule has 0 saturated carbocycles. The molecule has 1 N–H and O–H groups in total. The average molecular weight is 234 g/mol. The van der Waals surface area contributed by atoms with E-state index in [1.165, 1.54) is 7.11 Å². The predicted octanol–water partition coefficient (Wildman–Crippen LogP) is 1.34. The van der Waals surface area contributed by atoms with Crippen LogP contribution in [0.1, 0.15) is 28.9 Å². The van der Waals surface area contributed by atoms with Gasteiger partial charge in [0.2, 0.25) is 0 Å². The highest BCUT2D eigenvalue weighted by atomic mass is 16.5. The minimum absolute atomic E-state index is 0.273. The second-order valence-electron chi connectivity index (χ2n) is 4.26. The molecule has 1 aromatic carbocycles. The van der Waals surface area contributed by atoms with Crippen LogP contribution in [0.3, 0.4) is 0 Å². The van der Waals surface area contributed by atoms with Gasteiger partial charge in [-0.05, 0) is 5.56 Å². The van der Waals surface area contributed by atoms with Gasteiger partial charge in [0.25, 0.3) is 0 Å². The van der Waals surface area contributed by atoms with Crippen molar-refractivity contribution in [3.05, 3.63) is 35.4 Å². The fourth-order valence-corrected chi connectivity index (χ4v) is 2.30. The van der Waals surface area contributed by atoms with Crippen molar-refractivity contribution in [2.45, 2.75) is 13.0 Å². The van der Waals surface area contributed by atoms with E-state index >= 15 is 0 Å². The second kappa shape index (κ2) is 4.30. The van der Waals surface area contributed by atoms with E-state index in [4.69, 9.17) is 0 Å². The molecule has 0 fully saturated rings. The third-order valence-electron chi connectivity index (χ3n) is 3.31. The molecule has 3 unspecified atom stereocenters. The Hall–Kier alpha value is -1.68. The number of fused-ring (bicyclic) bond motifs is 1. The van der Waals surface area contributed by atoms with Crippen LogP contribution < -0.4 is 0 Å². The lowest BCUT2D eigenvalue weighted by atomic mass is 9.74. The summed E-state index contributed by atoms with van der Waals surface area (Å²) in [6, 6.07) is 6.82. The van der Waals surface area contributed by atoms with Gasteiger partial charge in [-0.2, -0.15) is 0 Å². The SMILES string of the molecule is COC(=O)C1C(=O)c2ccccc2C(O)C1C. The number of carbonyl (C=O) groups is 2. The first kappa shape index (κ1) is 11.8. The molecule has 0 bridgehead atoms. The van der Waals surface area contributed by atoms with Crippen molar-refractivity contribution in [3.63, 3.8) is 0 Å². The lowest BCUT2D eigenvalue weighted by Gasteiger charge is -2.31. The third-order valence-corrected chi connectivity index (χ3v) is 3.31. The Bertz CT molecular complexity index is 466. The fourth-order valence-electron chi connectivity index (χ4n) is 2.30. The number of hydrogen-bond donors (Lipinski definition) is 1. The summed E-state index contributed by atoms with van der Waals surface area (Å²) in [5, 5.41) is 10.1. The van der Waals surface area contributed by atoms with Crippen molar-refractivity contribution in [1.82, 2.24) is 0 Å². The maximum absolute atomic E-state index is 12.2. The molecule has 3 atom stereocenters. The molecule has 0 spiro atoms. The summed E-state index contributed by atoms with van der Waals surface area (Å²) in [6.45, 7) is 1.68. The molecule has 0 radical (unpaired) electrons. The molecule has 1 aliphatic carbocycles. The minimum Gasteiger partial charge on any atom is -0.468 e. The van der Waals surface area contributed by atoms with Crippen molar-refractivity contribution in [1.29, 1.82) is 0 Å². The summed E-state index contributed by atoms with van der Waals surface area (Å²) in [5.41, 5.74) is 0.999. The Balaban J connectivity index is 2.50. The van der Waals surface area contributed by atoms with Gasteiger partial charge in [0.1, 0.15) is 5.92 Å². The molecule has 90 valence electrons. The first-order valence-corrected chi connectivity index (χ1v) is 5.47. The molecular formula is C13H14O4. The van der Waals surface area contributed by atoms with Gasteiger partial charge in [0, 0.05) is 11.5 Å². The Kier molecular flexibility index (Phi) is 2.98. The number of aliphatic hydroxyl groups is 1. The number of ketones is 1. The topological polar surface area (TPSA) is 63.6 Å². The number of hydrogen-bond acceptors (Lipinski definition) is 4. The van der Waals surface area contributed by atoms with E-state index in [2.05, 4.69) is 4.74 Å². The number of aliphatic hydroxyl groups excluding tert-OH is 1. The molecule has 0 aliphatic heterocycles. The molecule has 0 heterocycles. The first-order valence-electron chi connectivity index (χ1n) is 5.47. The summed E-state index contributed by atoms with van der Waals surface area (Å²) >= 11 is 0. The van der Waals surface area contributed by atoms with E-state index in [0.29, 0.717) is 11.1 Å². The van der Waals surface area contributed by atoms with Gasteiger partial charge in [-0.15, -0.1) is 0 Å². The zero-order valence-corrected chi connectivity index (χ0v) is 9.71. The molecule has 2 rings (SSSR count). The highest BCUT2D eigenvalue weighted by Crippen LogP contribution is 2.38. The maximum Gasteiger partial charge on any atom is 0.316 e. The van der Waals surface area contributed by atoms with Crippen LogP contribution >= 0.6 is 0 Å². The van der Waals surface area contributed by atoms with Crippen LogP contribution in [-0.2, 0) is 9.53 Å². The Morgan fingerprint density at radius 2 is 2.00 bits per heavy atom. The van der Waals surface area contributed by atoms with Gasteiger partial charge >= 0.3 is 5.97 Å². The number of esters is 1. The number of carbonyl (C=O) groups excluding carboxylic acids is 2. The van der Waals surface area contributed by atoms with E-state index in [1.807, 2.05) is 0 Å². The number of benzene rings is 1. The van der Waals surface area contributed by atoms with Crippen molar-refractivity contribution in [2.75, 3.05) is 7.11 Å². The Labute approximate surface area is 99.2 Å². The Morgan fingerprint density at radius 1 is 1.35 bits per heavy atom. The van der Waals surface area contributed by atoms with Crippen LogP contribution in [0.5, 0.6) is 0 Å². The molecule has 0 saturated heterocycles. The largest absolute Gasteiger partial charge is 0.468 e. The fraction of sp³-hybridized carbons (Fsp3) is 0.385. The van der Waals surface area contributed by atoms with E-state index < -0.39 is 23.9 Å². The van der Waals surface area contributed by atoms with Crippen LogP contribution in [-0.4, -0.2) is 24.0 Å². The van der Waals surface area contributed by atoms with Crippen LogP contribution in [0.25, 0.3) is 0 Å². The Morgan fingerprint density at radius 3 is 2.65 bits per heavy atom. The van der Waals surface area contributed by atoms with Crippen molar-refractivity contribution >= 4 is 11.8 Å². The highest BCUT2D eigenvalue weighted by Gasteiger charge is 2.43. The van der Waals surface area contributed by atoms with E-state index in [-0.39, 0.29) is 5.78 Å². The summed E-state index contributed by atoms with van der Waals surface area (Å²) in [6.07, 6.45) is -0.812. The number of Topliss-reactive ketones (excluding diaryl/α,β-unsaturated/α-hetero) is 1. The molecule has 1 aromatic rings. The van der Waals surface area contributed by atoms with Crippen molar-refractivity contribution in [2.24, 2.45) is 11.8 Å². The molecule has 4 heteroatoms. The smallest absolute Gasteiger partial charge is 0.316 e. The zero-order valence-electron chi connectivity index (χ0n) is 9.71. The van der Waals surface area contributed by atoms with E-state index in [1.54, 1.807) is 31.2 Å². The number of ether oxygens (including phenoxy) is 1. The molecular weight excluding hydrogens is 220 g/mol. The lowest BCUT2D eigenvalue weighted by Crippen LogP contribution is -2.39. The van der Waals surface area contributed by atoms with Crippen LogP contribution in [0, 0.1) is 11.8 Å². The molecule has 17 heavy (non-hydrogen) atoms. The van der Waals surface area contributed by atoms with Crippen LogP contribution in [0.4, 0.5) is 0 Å². The summed E-state index contributed by atoms with van der Waals surface area (Å²) in [4.78, 5) is 23.7. The normalized spacial score (nSPS) is 27.5. The van der Waals surface area contributed by atoms with Crippen LogP contribution in [0.2, 0.25) is 0 Å². The molecule has 4 nitrogen and oxygen atoms in total. The van der Waals surface area contributed by atoms with Crippen molar-refractivity contribution in [3.8, 4) is 0 Å². The van der Waals surface area contributed by atoms with E-state index in [9.17, 15) is 14.7 Å². The average Bonchev–Trinajstić information content (AvgIpc) is 2.36. The van der Waals surface area contributed by atoms with Crippen molar-refractivity contribution < 1.29 is 19.4 Å². The zero-order chi connectivity index (χ0) is 12.6. The predicted molar refractivity (Wildman–Crippen MR) is 60.4 cm³/mol. The monoisotopic (exact) mass is 234 g/mol. The van der Waals surface area contributed by atoms with Gasteiger partial charge in [-0.25, -0.2) is 0 Å². The first-order chi connectivity index (χ1) is 8.07. The molecule has 0 amide bonds. The number of methoxy groups -OCH3 is 1.